The predicted molar refractivity (Wildman–Crippen MR) is 86.1 cm³/mol. The van der Waals surface area contributed by atoms with E-state index in [0.29, 0.717) is 11.6 Å². The molecule has 1 fully saturated rings. The molecule has 1 aliphatic carbocycles. The molecular weight excluding hydrogens is 288 g/mol. The van der Waals surface area contributed by atoms with Gasteiger partial charge >= 0.3 is 0 Å². The highest BCUT2D eigenvalue weighted by atomic mass is 15.3. The third-order valence-corrected chi connectivity index (χ3v) is 4.92. The van der Waals surface area contributed by atoms with Crippen LogP contribution in [0.4, 0.5) is 5.82 Å². The summed E-state index contributed by atoms with van der Waals surface area (Å²) in [6, 6.07) is 2.46. The first-order chi connectivity index (χ1) is 11.3. The molecule has 2 aliphatic rings. The van der Waals surface area contributed by atoms with E-state index in [0.717, 1.165) is 38.2 Å². The van der Waals surface area contributed by atoms with E-state index in [1.807, 2.05) is 10.9 Å². The average molecular weight is 308 g/mol. The normalized spacial score (nSPS) is 20.8. The summed E-state index contributed by atoms with van der Waals surface area (Å²) < 4.78 is 1.93. The Balaban J connectivity index is 1.57. The minimum atomic E-state index is 0.313. The van der Waals surface area contributed by atoms with Gasteiger partial charge in [0.15, 0.2) is 0 Å². The van der Waals surface area contributed by atoms with Crippen molar-refractivity contribution in [2.45, 2.75) is 44.6 Å². The van der Waals surface area contributed by atoms with Crippen LogP contribution in [-0.4, -0.2) is 32.8 Å². The Labute approximate surface area is 135 Å². The van der Waals surface area contributed by atoms with Crippen molar-refractivity contribution >= 4 is 5.82 Å². The first-order valence-electron chi connectivity index (χ1n) is 8.37. The molecule has 1 saturated heterocycles. The highest BCUT2D eigenvalue weighted by Crippen LogP contribution is 2.31. The van der Waals surface area contributed by atoms with Crippen molar-refractivity contribution in [1.82, 2.24) is 19.7 Å². The van der Waals surface area contributed by atoms with Gasteiger partial charge in [-0.25, -0.2) is 9.97 Å². The van der Waals surface area contributed by atoms with Gasteiger partial charge in [-0.05, 0) is 32.1 Å². The molecule has 1 aliphatic heterocycles. The van der Waals surface area contributed by atoms with Gasteiger partial charge in [0.25, 0.3) is 0 Å². The van der Waals surface area contributed by atoms with Crippen LogP contribution in [0, 0.1) is 11.3 Å². The summed E-state index contributed by atoms with van der Waals surface area (Å²) in [5.41, 5.74) is 3.21. The summed E-state index contributed by atoms with van der Waals surface area (Å²) in [7, 11) is 0. The van der Waals surface area contributed by atoms with E-state index in [9.17, 15) is 0 Å². The molecule has 6 heteroatoms. The van der Waals surface area contributed by atoms with E-state index in [4.69, 9.17) is 5.26 Å². The van der Waals surface area contributed by atoms with Crippen molar-refractivity contribution in [1.29, 1.82) is 5.26 Å². The molecule has 1 atom stereocenters. The van der Waals surface area contributed by atoms with Crippen LogP contribution in [0.2, 0.25) is 0 Å². The van der Waals surface area contributed by atoms with E-state index in [1.54, 1.807) is 12.5 Å². The van der Waals surface area contributed by atoms with Crippen molar-refractivity contribution in [3.8, 4) is 6.07 Å². The Morgan fingerprint density at radius 1 is 1.17 bits per heavy atom. The number of nitriles is 1. The maximum atomic E-state index is 8.95. The zero-order valence-electron chi connectivity index (χ0n) is 13.1. The average Bonchev–Trinajstić information content (AvgIpc) is 3.18. The summed E-state index contributed by atoms with van der Waals surface area (Å²) in [6.07, 6.45) is 12.1. The quantitative estimate of drug-likeness (QED) is 0.796. The lowest BCUT2D eigenvalue weighted by Crippen LogP contribution is -2.24. The number of rotatable bonds is 2. The van der Waals surface area contributed by atoms with Gasteiger partial charge in [0.2, 0.25) is 0 Å². The topological polar surface area (TPSA) is 70.6 Å². The van der Waals surface area contributed by atoms with Gasteiger partial charge in [0.05, 0.1) is 17.8 Å². The largest absolute Gasteiger partial charge is 0.354 e. The van der Waals surface area contributed by atoms with Crippen LogP contribution in [0.25, 0.3) is 0 Å². The van der Waals surface area contributed by atoms with Gasteiger partial charge in [-0.1, -0.05) is 6.42 Å². The minimum Gasteiger partial charge on any atom is -0.354 e. The number of hydrogen-bond acceptors (Lipinski definition) is 5. The molecule has 2 aromatic heterocycles. The molecule has 1 unspecified atom stereocenters. The Bertz CT molecular complexity index is 744. The SMILES string of the molecule is N#Cc1cnn(C2CCN(c3ncnc4c3CCCCC4)C2)c1. The second-order valence-corrected chi connectivity index (χ2v) is 6.39. The predicted octanol–water partition coefficient (Wildman–Crippen LogP) is 2.27. The summed E-state index contributed by atoms with van der Waals surface area (Å²) in [4.78, 5) is 11.5. The van der Waals surface area contributed by atoms with Crippen molar-refractivity contribution in [2.24, 2.45) is 0 Å². The molecule has 0 saturated carbocycles. The lowest BCUT2D eigenvalue weighted by atomic mass is 10.1. The fourth-order valence-electron chi connectivity index (χ4n) is 3.70. The van der Waals surface area contributed by atoms with E-state index in [1.165, 1.54) is 30.5 Å². The molecule has 0 N–H and O–H groups in total. The zero-order chi connectivity index (χ0) is 15.6. The van der Waals surface area contributed by atoms with Gasteiger partial charge in [-0.3, -0.25) is 4.68 Å². The van der Waals surface area contributed by atoms with Crippen molar-refractivity contribution in [2.75, 3.05) is 18.0 Å². The molecule has 2 aromatic rings. The highest BCUT2D eigenvalue weighted by Gasteiger charge is 2.28. The van der Waals surface area contributed by atoms with Gasteiger partial charge in [-0.2, -0.15) is 10.4 Å². The minimum absolute atomic E-state index is 0.313. The smallest absolute Gasteiger partial charge is 0.135 e. The third-order valence-electron chi connectivity index (χ3n) is 4.92. The van der Waals surface area contributed by atoms with Crippen LogP contribution in [-0.2, 0) is 12.8 Å². The second-order valence-electron chi connectivity index (χ2n) is 6.39. The molecule has 6 nitrogen and oxygen atoms in total. The zero-order valence-corrected chi connectivity index (χ0v) is 13.1. The van der Waals surface area contributed by atoms with Crippen LogP contribution < -0.4 is 4.90 Å². The number of nitrogens with zero attached hydrogens (tertiary/aromatic N) is 6. The summed E-state index contributed by atoms with van der Waals surface area (Å²) in [6.45, 7) is 1.88. The Morgan fingerprint density at radius 3 is 2.96 bits per heavy atom. The summed E-state index contributed by atoms with van der Waals surface area (Å²) >= 11 is 0. The molecule has 0 radical (unpaired) electrons. The summed E-state index contributed by atoms with van der Waals surface area (Å²) in [5, 5.41) is 13.3. The van der Waals surface area contributed by atoms with E-state index >= 15 is 0 Å². The van der Waals surface area contributed by atoms with Gasteiger partial charge < -0.3 is 4.90 Å². The lowest BCUT2D eigenvalue weighted by molar-refractivity contribution is 0.494. The molecule has 118 valence electrons. The number of fused-ring (bicyclic) bond motifs is 1. The Hall–Kier alpha value is -2.42. The fourth-order valence-corrected chi connectivity index (χ4v) is 3.70. The second kappa shape index (κ2) is 5.99. The molecule has 4 rings (SSSR count). The number of hydrogen-bond donors (Lipinski definition) is 0. The Kier molecular flexibility index (Phi) is 3.70. The van der Waals surface area contributed by atoms with Gasteiger partial charge in [0, 0.05) is 30.5 Å². The van der Waals surface area contributed by atoms with E-state index < -0.39 is 0 Å². The van der Waals surface area contributed by atoms with Crippen LogP contribution in [0.1, 0.15) is 48.5 Å². The molecule has 0 aromatic carbocycles. The maximum absolute atomic E-state index is 8.95. The van der Waals surface area contributed by atoms with Crippen molar-refractivity contribution in [3.63, 3.8) is 0 Å². The first-order valence-corrected chi connectivity index (χ1v) is 8.37. The van der Waals surface area contributed by atoms with Gasteiger partial charge in [0.1, 0.15) is 18.2 Å². The molecule has 0 bridgehead atoms. The van der Waals surface area contributed by atoms with Crippen molar-refractivity contribution in [3.05, 3.63) is 35.5 Å². The van der Waals surface area contributed by atoms with Crippen LogP contribution in [0.3, 0.4) is 0 Å². The summed E-state index contributed by atoms with van der Waals surface area (Å²) in [5.74, 6) is 1.12. The first kappa shape index (κ1) is 14.2. The molecular formula is C17H20N6. The molecule has 3 heterocycles. The van der Waals surface area contributed by atoms with Crippen LogP contribution in [0.5, 0.6) is 0 Å². The van der Waals surface area contributed by atoms with Crippen LogP contribution in [0.15, 0.2) is 18.7 Å². The maximum Gasteiger partial charge on any atom is 0.135 e. The monoisotopic (exact) mass is 308 g/mol. The number of aryl methyl sites for hydroxylation is 1. The highest BCUT2D eigenvalue weighted by molar-refractivity contribution is 5.50. The fraction of sp³-hybridized carbons (Fsp3) is 0.529. The van der Waals surface area contributed by atoms with Gasteiger partial charge in [-0.15, -0.1) is 0 Å². The third kappa shape index (κ3) is 2.67. The molecule has 23 heavy (non-hydrogen) atoms. The molecule has 0 spiro atoms. The number of aromatic nitrogens is 4. The molecule has 0 amide bonds. The van der Waals surface area contributed by atoms with E-state index in [2.05, 4.69) is 26.0 Å². The number of anilines is 1. The van der Waals surface area contributed by atoms with E-state index in [-0.39, 0.29) is 0 Å². The van der Waals surface area contributed by atoms with Crippen LogP contribution >= 0.6 is 0 Å². The standard InChI is InChI=1S/C17H20N6/c18-8-13-9-21-23(10-13)14-6-7-22(11-14)17-15-4-2-1-3-5-16(15)19-12-20-17/h9-10,12,14H,1-7,11H2. The lowest BCUT2D eigenvalue weighted by Gasteiger charge is -2.21. The Morgan fingerprint density at radius 2 is 2.09 bits per heavy atom. The van der Waals surface area contributed by atoms with Crippen molar-refractivity contribution < 1.29 is 0 Å².